The number of nitrogens with zero attached hydrogens (tertiary/aromatic N) is 3. The first-order valence-electron chi connectivity index (χ1n) is 15.6. The molecule has 0 bridgehead atoms. The SMILES string of the molecule is COC(=O)CC1C(=O)N(Cc2ccc(/N=C/c3ccccc3)cc2)c2ccccc2N(c2ccc(CNC(=O)OC(C)(C)C)cc2)C1=O. The Hall–Kier alpha value is -5.77. The van der Waals surface area contributed by atoms with E-state index in [9.17, 15) is 19.2 Å². The van der Waals surface area contributed by atoms with E-state index in [0.717, 1.165) is 22.4 Å². The molecule has 0 saturated heterocycles. The third-order valence-electron chi connectivity index (χ3n) is 7.56. The third-order valence-corrected chi connectivity index (χ3v) is 7.56. The Labute approximate surface area is 280 Å². The quantitative estimate of drug-likeness (QED) is 0.121. The molecule has 5 rings (SSSR count). The Morgan fingerprint density at radius 2 is 1.44 bits per heavy atom. The summed E-state index contributed by atoms with van der Waals surface area (Å²) in [5, 5.41) is 2.72. The number of carbonyl (C=O) groups is 4. The summed E-state index contributed by atoms with van der Waals surface area (Å²) in [5.41, 5.74) is 4.21. The van der Waals surface area contributed by atoms with Crippen molar-refractivity contribution in [3.8, 4) is 0 Å². The van der Waals surface area contributed by atoms with Gasteiger partial charge in [-0.2, -0.15) is 0 Å². The summed E-state index contributed by atoms with van der Waals surface area (Å²) in [6.07, 6.45) is 0.827. The number of nitrogens with one attached hydrogen (secondary N) is 1. The van der Waals surface area contributed by atoms with Crippen LogP contribution in [0.15, 0.2) is 108 Å². The van der Waals surface area contributed by atoms with Crippen molar-refractivity contribution < 1.29 is 28.7 Å². The van der Waals surface area contributed by atoms with E-state index in [1.807, 2.05) is 54.6 Å². The van der Waals surface area contributed by atoms with Crippen molar-refractivity contribution >= 4 is 52.8 Å². The lowest BCUT2D eigenvalue weighted by molar-refractivity contribution is -0.146. The fourth-order valence-electron chi connectivity index (χ4n) is 5.23. The fraction of sp³-hybridized carbons (Fsp3) is 0.237. The van der Waals surface area contributed by atoms with E-state index in [-0.39, 0.29) is 13.1 Å². The molecule has 48 heavy (non-hydrogen) atoms. The molecule has 1 aliphatic rings. The highest BCUT2D eigenvalue weighted by atomic mass is 16.6. The van der Waals surface area contributed by atoms with Crippen molar-refractivity contribution in [2.24, 2.45) is 10.9 Å². The second-order valence-corrected chi connectivity index (χ2v) is 12.3. The second-order valence-electron chi connectivity index (χ2n) is 12.3. The van der Waals surface area contributed by atoms with E-state index in [0.29, 0.717) is 17.1 Å². The van der Waals surface area contributed by atoms with Gasteiger partial charge in [0.1, 0.15) is 11.5 Å². The van der Waals surface area contributed by atoms with Crippen LogP contribution in [0.5, 0.6) is 0 Å². The number of alkyl carbamates (subject to hydrolysis) is 1. The van der Waals surface area contributed by atoms with Crippen molar-refractivity contribution in [3.05, 3.63) is 120 Å². The molecule has 1 heterocycles. The monoisotopic (exact) mass is 646 g/mol. The summed E-state index contributed by atoms with van der Waals surface area (Å²) in [5.74, 6) is -3.06. The van der Waals surface area contributed by atoms with Crippen LogP contribution in [-0.4, -0.2) is 42.8 Å². The summed E-state index contributed by atoms with van der Waals surface area (Å²) in [7, 11) is 1.23. The molecule has 1 N–H and O–H groups in total. The largest absolute Gasteiger partial charge is 0.469 e. The van der Waals surface area contributed by atoms with Gasteiger partial charge in [0.25, 0.3) is 0 Å². The lowest BCUT2D eigenvalue weighted by Gasteiger charge is -2.26. The van der Waals surface area contributed by atoms with Crippen molar-refractivity contribution in [1.82, 2.24) is 5.32 Å². The molecule has 4 aromatic rings. The van der Waals surface area contributed by atoms with Gasteiger partial charge < -0.3 is 19.7 Å². The normalized spacial score (nSPS) is 14.8. The minimum Gasteiger partial charge on any atom is -0.469 e. The minimum absolute atomic E-state index is 0.159. The molecule has 0 fully saturated rings. The number of para-hydroxylation sites is 2. The van der Waals surface area contributed by atoms with Gasteiger partial charge in [-0.05, 0) is 73.9 Å². The average molecular weight is 647 g/mol. The first-order valence-corrected chi connectivity index (χ1v) is 15.6. The Morgan fingerprint density at radius 3 is 2.08 bits per heavy atom. The molecule has 0 spiro atoms. The first kappa shape index (κ1) is 33.6. The number of fused-ring (bicyclic) bond motifs is 1. The summed E-state index contributed by atoms with van der Waals surface area (Å²) in [4.78, 5) is 60.6. The highest BCUT2D eigenvalue weighted by Crippen LogP contribution is 2.40. The molecule has 0 saturated carbocycles. The van der Waals surface area contributed by atoms with Gasteiger partial charge in [-0.25, -0.2) is 4.79 Å². The van der Waals surface area contributed by atoms with Crippen LogP contribution in [0, 0.1) is 5.92 Å². The lowest BCUT2D eigenvalue weighted by atomic mass is 10.0. The van der Waals surface area contributed by atoms with Crippen molar-refractivity contribution in [1.29, 1.82) is 0 Å². The van der Waals surface area contributed by atoms with E-state index in [1.165, 1.54) is 12.0 Å². The Morgan fingerprint density at radius 1 is 0.812 bits per heavy atom. The number of amides is 3. The van der Waals surface area contributed by atoms with E-state index in [4.69, 9.17) is 9.47 Å². The molecule has 1 aliphatic heterocycles. The fourth-order valence-corrected chi connectivity index (χ4v) is 5.23. The van der Waals surface area contributed by atoms with Gasteiger partial charge in [-0.3, -0.25) is 24.3 Å². The number of rotatable bonds is 9. The van der Waals surface area contributed by atoms with Crippen LogP contribution in [0.1, 0.15) is 43.9 Å². The van der Waals surface area contributed by atoms with Crippen LogP contribution in [0.2, 0.25) is 0 Å². The standard InChI is InChI=1S/C38H38N4O6/c1-38(2,3)48-37(46)40-24-27-16-20-30(21-17-27)42-33-13-9-8-12-32(33)41(35(44)31(36(42)45)22-34(43)47-4)25-28-14-18-29(19-15-28)39-23-26-10-6-5-7-11-26/h5-21,23,31H,22,24-25H2,1-4H3,(H,40,46)/b39-23+. The number of hydrogen-bond donors (Lipinski definition) is 1. The summed E-state index contributed by atoms with van der Waals surface area (Å²) >= 11 is 0. The van der Waals surface area contributed by atoms with Gasteiger partial charge >= 0.3 is 12.1 Å². The smallest absolute Gasteiger partial charge is 0.407 e. The van der Waals surface area contributed by atoms with E-state index in [2.05, 4.69) is 10.3 Å². The van der Waals surface area contributed by atoms with Crippen LogP contribution < -0.4 is 15.1 Å². The summed E-state index contributed by atoms with van der Waals surface area (Å²) < 4.78 is 10.2. The van der Waals surface area contributed by atoms with E-state index in [1.54, 1.807) is 80.4 Å². The van der Waals surface area contributed by atoms with Crippen LogP contribution in [0.25, 0.3) is 0 Å². The zero-order chi connectivity index (χ0) is 34.3. The van der Waals surface area contributed by atoms with Crippen molar-refractivity contribution in [2.75, 3.05) is 16.9 Å². The highest BCUT2D eigenvalue weighted by molar-refractivity contribution is 6.21. The molecule has 0 radical (unpaired) electrons. The zero-order valence-electron chi connectivity index (χ0n) is 27.4. The van der Waals surface area contributed by atoms with Crippen LogP contribution in [0.3, 0.4) is 0 Å². The van der Waals surface area contributed by atoms with Gasteiger partial charge in [0.05, 0.1) is 37.1 Å². The molecule has 0 aromatic heterocycles. The van der Waals surface area contributed by atoms with E-state index >= 15 is 0 Å². The molecule has 10 heteroatoms. The summed E-state index contributed by atoms with van der Waals surface area (Å²) in [6.45, 7) is 5.74. The second kappa shape index (κ2) is 14.8. The molecule has 1 atom stereocenters. The first-order chi connectivity index (χ1) is 23.0. The van der Waals surface area contributed by atoms with Crippen LogP contribution in [-0.2, 0) is 36.9 Å². The molecule has 10 nitrogen and oxygen atoms in total. The van der Waals surface area contributed by atoms with Gasteiger partial charge in [0.15, 0.2) is 0 Å². The molecule has 3 amide bonds. The number of methoxy groups -OCH3 is 1. The molecular formula is C38H38N4O6. The average Bonchev–Trinajstić information content (AvgIpc) is 3.16. The number of esters is 1. The lowest BCUT2D eigenvalue weighted by Crippen LogP contribution is -2.41. The molecule has 1 unspecified atom stereocenters. The molecule has 246 valence electrons. The number of benzene rings is 4. The maximum atomic E-state index is 14.2. The van der Waals surface area contributed by atoms with Gasteiger partial charge in [-0.1, -0.05) is 66.7 Å². The molecular weight excluding hydrogens is 608 g/mol. The topological polar surface area (TPSA) is 118 Å². The predicted octanol–water partition coefficient (Wildman–Crippen LogP) is 6.85. The molecule has 4 aromatic carbocycles. The number of ether oxygens (including phenoxy) is 2. The summed E-state index contributed by atoms with van der Waals surface area (Å²) in [6, 6.07) is 31.5. The van der Waals surface area contributed by atoms with Gasteiger partial charge in [-0.15, -0.1) is 0 Å². The number of anilines is 3. The number of carbonyl (C=O) groups excluding carboxylic acids is 4. The predicted molar refractivity (Wildman–Crippen MR) is 185 cm³/mol. The van der Waals surface area contributed by atoms with E-state index < -0.39 is 41.8 Å². The number of hydrogen-bond acceptors (Lipinski definition) is 7. The maximum Gasteiger partial charge on any atom is 0.407 e. The van der Waals surface area contributed by atoms with Crippen molar-refractivity contribution in [3.63, 3.8) is 0 Å². The maximum absolute atomic E-state index is 14.2. The highest BCUT2D eigenvalue weighted by Gasteiger charge is 2.42. The Bertz CT molecular complexity index is 1800. The third kappa shape index (κ3) is 8.33. The van der Waals surface area contributed by atoms with Gasteiger partial charge in [0, 0.05) is 18.4 Å². The minimum atomic E-state index is -1.33. The van der Waals surface area contributed by atoms with Crippen LogP contribution >= 0.6 is 0 Å². The Kier molecular flexibility index (Phi) is 10.3. The van der Waals surface area contributed by atoms with Crippen molar-refractivity contribution in [2.45, 2.75) is 45.9 Å². The Balaban J connectivity index is 1.44. The number of aliphatic imine (C=N–C) groups is 1. The zero-order valence-corrected chi connectivity index (χ0v) is 27.4. The van der Waals surface area contributed by atoms with Gasteiger partial charge in [0.2, 0.25) is 11.8 Å². The molecule has 0 aliphatic carbocycles. The van der Waals surface area contributed by atoms with Crippen LogP contribution in [0.4, 0.5) is 27.5 Å².